The fourth-order valence-corrected chi connectivity index (χ4v) is 3.26. The van der Waals surface area contributed by atoms with E-state index in [1.54, 1.807) is 11.6 Å². The van der Waals surface area contributed by atoms with Gasteiger partial charge >= 0.3 is 0 Å². The molecular formula is C18H21N5O2S. The Hall–Kier alpha value is -2.61. The predicted molar refractivity (Wildman–Crippen MR) is 100 cm³/mol. The number of carbonyl (C=O) groups is 1. The van der Waals surface area contributed by atoms with Gasteiger partial charge in [0.2, 0.25) is 11.1 Å². The maximum Gasteiger partial charge on any atom is 0.253 e. The van der Waals surface area contributed by atoms with E-state index < -0.39 is 0 Å². The van der Waals surface area contributed by atoms with Crippen molar-refractivity contribution in [2.24, 2.45) is 0 Å². The minimum absolute atomic E-state index is 0.0643. The first-order valence-electron chi connectivity index (χ1n) is 8.24. The number of nitrogens with zero attached hydrogens (tertiary/aromatic N) is 4. The van der Waals surface area contributed by atoms with Crippen molar-refractivity contribution >= 4 is 23.4 Å². The van der Waals surface area contributed by atoms with E-state index in [-0.39, 0.29) is 11.2 Å². The Balaban J connectivity index is 1.60. The van der Waals surface area contributed by atoms with Crippen LogP contribution in [-0.4, -0.2) is 37.8 Å². The van der Waals surface area contributed by atoms with Crippen LogP contribution in [0.5, 0.6) is 5.75 Å². The molecule has 26 heavy (non-hydrogen) atoms. The van der Waals surface area contributed by atoms with E-state index in [4.69, 9.17) is 4.74 Å². The van der Waals surface area contributed by atoms with Crippen molar-refractivity contribution in [3.8, 4) is 5.75 Å². The summed E-state index contributed by atoms with van der Waals surface area (Å²) >= 11 is 1.32. The van der Waals surface area contributed by atoms with Crippen LogP contribution in [0.3, 0.4) is 0 Å². The Kier molecular flexibility index (Phi) is 5.41. The second kappa shape index (κ2) is 7.74. The fraction of sp³-hybridized carbons (Fsp3) is 0.333. The number of nitrogens with one attached hydrogen (secondary N) is 1. The van der Waals surface area contributed by atoms with Gasteiger partial charge in [-0.1, -0.05) is 23.9 Å². The summed E-state index contributed by atoms with van der Waals surface area (Å²) in [6.07, 6.45) is 0. The topological polar surface area (TPSA) is 81.4 Å². The Morgan fingerprint density at radius 1 is 1.27 bits per heavy atom. The summed E-state index contributed by atoms with van der Waals surface area (Å²) in [5.41, 5.74) is 2.87. The van der Waals surface area contributed by atoms with Gasteiger partial charge in [0.1, 0.15) is 5.75 Å². The van der Waals surface area contributed by atoms with Crippen LogP contribution in [0.2, 0.25) is 0 Å². The lowest BCUT2D eigenvalue weighted by molar-refractivity contribution is -0.120. The highest BCUT2D eigenvalue weighted by molar-refractivity contribution is 8.00. The third-order valence-electron chi connectivity index (χ3n) is 3.88. The van der Waals surface area contributed by atoms with Gasteiger partial charge in [0.25, 0.3) is 5.78 Å². The number of aryl methyl sites for hydroxylation is 2. The maximum atomic E-state index is 12.3. The van der Waals surface area contributed by atoms with E-state index in [2.05, 4.69) is 20.4 Å². The van der Waals surface area contributed by atoms with Gasteiger partial charge < -0.3 is 10.1 Å². The molecule has 1 atom stereocenters. The molecule has 8 heteroatoms. The van der Waals surface area contributed by atoms with Crippen molar-refractivity contribution in [1.29, 1.82) is 0 Å². The summed E-state index contributed by atoms with van der Waals surface area (Å²) in [6, 6.07) is 9.55. The molecular weight excluding hydrogens is 350 g/mol. The van der Waals surface area contributed by atoms with Gasteiger partial charge in [0.15, 0.2) is 0 Å². The van der Waals surface area contributed by atoms with E-state index in [1.807, 2.05) is 51.1 Å². The lowest BCUT2D eigenvalue weighted by atomic mass is 10.2. The molecule has 136 valence electrons. The van der Waals surface area contributed by atoms with Gasteiger partial charge in [-0.05, 0) is 44.5 Å². The molecule has 0 radical (unpaired) electrons. The molecule has 3 rings (SSSR count). The number of hydrogen-bond donors (Lipinski definition) is 1. The summed E-state index contributed by atoms with van der Waals surface area (Å²) in [5.74, 6) is 1.28. The molecule has 0 aliphatic carbocycles. The molecule has 0 saturated carbocycles. The first kappa shape index (κ1) is 18.2. The molecule has 1 N–H and O–H groups in total. The number of thioether (sulfide) groups is 1. The average molecular weight is 371 g/mol. The summed E-state index contributed by atoms with van der Waals surface area (Å²) in [5, 5.41) is 7.58. The minimum Gasteiger partial charge on any atom is -0.497 e. The number of fused-ring (bicyclic) bond motifs is 1. The molecule has 2 aromatic heterocycles. The molecule has 0 aliphatic rings. The van der Waals surface area contributed by atoms with Crippen LogP contribution in [-0.2, 0) is 11.3 Å². The first-order chi connectivity index (χ1) is 12.5. The van der Waals surface area contributed by atoms with Crippen molar-refractivity contribution in [3.63, 3.8) is 0 Å². The zero-order chi connectivity index (χ0) is 18.7. The number of carbonyl (C=O) groups excluding carboxylic acids is 1. The molecule has 7 nitrogen and oxygen atoms in total. The number of rotatable bonds is 6. The van der Waals surface area contributed by atoms with E-state index in [1.165, 1.54) is 11.8 Å². The zero-order valence-electron chi connectivity index (χ0n) is 15.2. The SMILES string of the molecule is COc1ccc(CNC(=O)[C@H](C)Sc2nc3nc(C)cc(C)n3n2)cc1. The Morgan fingerprint density at radius 2 is 2.00 bits per heavy atom. The molecule has 0 saturated heterocycles. The highest BCUT2D eigenvalue weighted by Crippen LogP contribution is 2.21. The molecule has 2 heterocycles. The van der Waals surface area contributed by atoms with Gasteiger partial charge in [-0.25, -0.2) is 9.50 Å². The molecule has 0 bridgehead atoms. The quantitative estimate of drug-likeness (QED) is 0.671. The Bertz CT molecular complexity index is 923. The van der Waals surface area contributed by atoms with Gasteiger partial charge in [-0.2, -0.15) is 4.98 Å². The number of benzene rings is 1. The van der Waals surface area contributed by atoms with E-state index >= 15 is 0 Å². The number of methoxy groups -OCH3 is 1. The van der Waals surface area contributed by atoms with Crippen LogP contribution in [0.1, 0.15) is 23.9 Å². The molecule has 3 aromatic rings. The summed E-state index contributed by atoms with van der Waals surface area (Å²) in [7, 11) is 1.63. The van der Waals surface area contributed by atoms with Gasteiger partial charge in [-0.3, -0.25) is 4.79 Å². The third kappa shape index (κ3) is 4.13. The largest absolute Gasteiger partial charge is 0.497 e. The Morgan fingerprint density at radius 3 is 2.69 bits per heavy atom. The van der Waals surface area contributed by atoms with Gasteiger partial charge in [0.05, 0.1) is 12.4 Å². The highest BCUT2D eigenvalue weighted by atomic mass is 32.2. The number of amides is 1. The number of hydrogen-bond acceptors (Lipinski definition) is 6. The molecule has 1 aromatic carbocycles. The van der Waals surface area contributed by atoms with Crippen molar-refractivity contribution < 1.29 is 9.53 Å². The van der Waals surface area contributed by atoms with Crippen molar-refractivity contribution in [1.82, 2.24) is 24.9 Å². The second-order valence-electron chi connectivity index (χ2n) is 5.97. The molecule has 0 unspecified atom stereocenters. The monoisotopic (exact) mass is 371 g/mol. The molecule has 0 spiro atoms. The normalized spacial score (nSPS) is 12.2. The first-order valence-corrected chi connectivity index (χ1v) is 9.12. The molecule has 1 amide bonds. The van der Waals surface area contributed by atoms with Crippen LogP contribution >= 0.6 is 11.8 Å². The third-order valence-corrected chi connectivity index (χ3v) is 4.83. The lowest BCUT2D eigenvalue weighted by Gasteiger charge is -2.10. The van der Waals surface area contributed by atoms with E-state index in [9.17, 15) is 4.79 Å². The zero-order valence-corrected chi connectivity index (χ0v) is 16.0. The van der Waals surface area contributed by atoms with E-state index in [0.29, 0.717) is 17.5 Å². The van der Waals surface area contributed by atoms with Crippen LogP contribution in [0.15, 0.2) is 35.5 Å². The summed E-state index contributed by atoms with van der Waals surface area (Å²) in [6.45, 7) is 6.18. The predicted octanol–water partition coefficient (Wildman–Crippen LogP) is 2.55. The van der Waals surface area contributed by atoms with Crippen LogP contribution in [0.4, 0.5) is 0 Å². The fourth-order valence-electron chi connectivity index (χ4n) is 2.49. The molecule has 0 aliphatic heterocycles. The maximum absolute atomic E-state index is 12.3. The molecule has 0 fully saturated rings. The van der Waals surface area contributed by atoms with Gasteiger partial charge in [-0.15, -0.1) is 5.10 Å². The summed E-state index contributed by atoms with van der Waals surface area (Å²) in [4.78, 5) is 21.1. The van der Waals surface area contributed by atoms with Crippen LogP contribution in [0.25, 0.3) is 5.78 Å². The van der Waals surface area contributed by atoms with Crippen molar-refractivity contribution in [2.45, 2.75) is 37.7 Å². The number of ether oxygens (including phenoxy) is 1. The smallest absolute Gasteiger partial charge is 0.253 e. The lowest BCUT2D eigenvalue weighted by Crippen LogP contribution is -2.30. The minimum atomic E-state index is -0.313. The number of aromatic nitrogens is 4. The second-order valence-corrected chi connectivity index (χ2v) is 7.28. The highest BCUT2D eigenvalue weighted by Gasteiger charge is 2.18. The summed E-state index contributed by atoms with van der Waals surface area (Å²) < 4.78 is 6.82. The average Bonchev–Trinajstić information content (AvgIpc) is 3.02. The van der Waals surface area contributed by atoms with Gasteiger partial charge in [0, 0.05) is 17.9 Å². The van der Waals surface area contributed by atoms with Crippen LogP contribution < -0.4 is 10.1 Å². The van der Waals surface area contributed by atoms with Crippen LogP contribution in [0, 0.1) is 13.8 Å². The Labute approximate surface area is 156 Å². The van der Waals surface area contributed by atoms with Crippen molar-refractivity contribution in [2.75, 3.05) is 7.11 Å². The van der Waals surface area contributed by atoms with E-state index in [0.717, 1.165) is 22.7 Å². The van der Waals surface area contributed by atoms with Crippen molar-refractivity contribution in [3.05, 3.63) is 47.3 Å². The standard InChI is InChI=1S/C18H21N5O2S/c1-11-9-12(2)23-17(20-11)21-18(22-23)26-13(3)16(24)19-10-14-5-7-15(25-4)8-6-14/h5-9,13H,10H2,1-4H3,(H,19,24)/t13-/m0/s1.